The normalized spacial score (nSPS) is 17.7. The zero-order valence-electron chi connectivity index (χ0n) is 17.2. The van der Waals surface area contributed by atoms with Crippen molar-refractivity contribution in [3.63, 3.8) is 0 Å². The molecular weight excluding hydrogens is 370 g/mol. The molecule has 0 bridgehead atoms. The maximum Gasteiger partial charge on any atom is 0.274 e. The lowest BCUT2D eigenvalue weighted by Gasteiger charge is -2.32. The van der Waals surface area contributed by atoms with Gasteiger partial charge in [0.1, 0.15) is 11.5 Å². The molecule has 1 saturated carbocycles. The molecule has 2 aliphatic rings. The Morgan fingerprint density at radius 1 is 1.21 bits per heavy atom. The number of rotatable bonds is 8. The molecule has 1 aliphatic carbocycles. The fraction of sp³-hybridized carbons (Fsp3) is 0.619. The molecule has 1 amide bonds. The van der Waals surface area contributed by atoms with E-state index in [1.54, 1.807) is 7.11 Å². The van der Waals surface area contributed by atoms with Gasteiger partial charge in [-0.05, 0) is 38.7 Å². The van der Waals surface area contributed by atoms with Crippen molar-refractivity contribution in [2.45, 2.75) is 51.0 Å². The SMILES string of the molecule is COCCOCc1cnc(C)nc1C1CCN(C(=O)c2cc(C3CC3)[nH]n2)CC1. The predicted octanol–water partition coefficient (Wildman–Crippen LogP) is 2.57. The van der Waals surface area contributed by atoms with Crippen LogP contribution in [-0.2, 0) is 16.1 Å². The maximum atomic E-state index is 12.8. The van der Waals surface area contributed by atoms with Crippen LogP contribution in [0.2, 0.25) is 0 Å². The first-order chi connectivity index (χ1) is 14.2. The summed E-state index contributed by atoms with van der Waals surface area (Å²) in [5.41, 5.74) is 3.71. The average molecular weight is 399 g/mol. The van der Waals surface area contributed by atoms with Crippen LogP contribution in [0.1, 0.15) is 70.8 Å². The highest BCUT2D eigenvalue weighted by molar-refractivity contribution is 5.92. The van der Waals surface area contributed by atoms with Gasteiger partial charge in [0, 0.05) is 49.5 Å². The third-order valence-corrected chi connectivity index (χ3v) is 5.71. The average Bonchev–Trinajstić information content (AvgIpc) is 3.48. The molecule has 0 spiro atoms. The number of likely N-dealkylation sites (tertiary alicyclic amines) is 1. The fourth-order valence-corrected chi connectivity index (χ4v) is 3.87. The molecule has 8 nitrogen and oxygen atoms in total. The van der Waals surface area contributed by atoms with E-state index in [0.29, 0.717) is 50.4 Å². The van der Waals surface area contributed by atoms with Crippen molar-refractivity contribution < 1.29 is 14.3 Å². The van der Waals surface area contributed by atoms with Gasteiger partial charge in [-0.25, -0.2) is 9.97 Å². The Bertz CT molecular complexity index is 841. The molecular formula is C21H29N5O3. The minimum Gasteiger partial charge on any atom is -0.382 e. The highest BCUT2D eigenvalue weighted by Gasteiger charge is 2.30. The van der Waals surface area contributed by atoms with E-state index >= 15 is 0 Å². The molecule has 29 heavy (non-hydrogen) atoms. The molecule has 4 rings (SSSR count). The number of nitrogens with zero attached hydrogens (tertiary/aromatic N) is 4. The van der Waals surface area contributed by atoms with Crippen LogP contribution in [-0.4, -0.2) is 64.4 Å². The first-order valence-corrected chi connectivity index (χ1v) is 10.4. The van der Waals surface area contributed by atoms with Gasteiger partial charge in [0.25, 0.3) is 5.91 Å². The van der Waals surface area contributed by atoms with E-state index in [-0.39, 0.29) is 5.91 Å². The molecule has 156 valence electrons. The number of amides is 1. The van der Waals surface area contributed by atoms with Crippen LogP contribution < -0.4 is 0 Å². The van der Waals surface area contributed by atoms with Crippen LogP contribution in [0.15, 0.2) is 12.3 Å². The quantitative estimate of drug-likeness (QED) is 0.686. The number of ether oxygens (including phenoxy) is 2. The van der Waals surface area contributed by atoms with Crippen LogP contribution in [0, 0.1) is 6.92 Å². The number of hydrogen-bond acceptors (Lipinski definition) is 6. The molecule has 1 saturated heterocycles. The lowest BCUT2D eigenvalue weighted by atomic mass is 9.90. The van der Waals surface area contributed by atoms with Crippen molar-refractivity contribution >= 4 is 5.91 Å². The van der Waals surface area contributed by atoms with E-state index in [9.17, 15) is 4.79 Å². The number of nitrogens with one attached hydrogen (secondary N) is 1. The highest BCUT2D eigenvalue weighted by Crippen LogP contribution is 2.39. The monoisotopic (exact) mass is 399 g/mol. The van der Waals surface area contributed by atoms with Crippen molar-refractivity contribution in [2.75, 3.05) is 33.4 Å². The Kier molecular flexibility index (Phi) is 6.20. The number of piperidine rings is 1. The van der Waals surface area contributed by atoms with Crippen molar-refractivity contribution in [1.82, 2.24) is 25.1 Å². The summed E-state index contributed by atoms with van der Waals surface area (Å²) < 4.78 is 10.7. The number of carbonyl (C=O) groups is 1. The zero-order chi connectivity index (χ0) is 20.2. The van der Waals surface area contributed by atoms with E-state index in [4.69, 9.17) is 14.5 Å². The standard InChI is InChI=1S/C21H29N5O3/c1-14-22-12-17(13-29-10-9-28-2)20(23-14)16-5-7-26(8-6-16)21(27)19-11-18(24-25-19)15-3-4-15/h11-12,15-16H,3-10,13H2,1-2H3,(H,24,25). The number of carbonyl (C=O) groups excluding carboxylic acids is 1. The fourth-order valence-electron chi connectivity index (χ4n) is 3.87. The molecule has 2 aromatic heterocycles. The number of aryl methyl sites for hydroxylation is 1. The predicted molar refractivity (Wildman–Crippen MR) is 107 cm³/mol. The number of hydrogen-bond donors (Lipinski definition) is 1. The smallest absolute Gasteiger partial charge is 0.274 e. The first kappa shape index (κ1) is 20.0. The van der Waals surface area contributed by atoms with Crippen molar-refractivity contribution in [1.29, 1.82) is 0 Å². The van der Waals surface area contributed by atoms with Crippen LogP contribution in [0.25, 0.3) is 0 Å². The topological polar surface area (TPSA) is 93.2 Å². The van der Waals surface area contributed by atoms with E-state index < -0.39 is 0 Å². The van der Waals surface area contributed by atoms with Gasteiger partial charge in [-0.15, -0.1) is 0 Å². The van der Waals surface area contributed by atoms with E-state index in [1.807, 2.05) is 24.1 Å². The van der Waals surface area contributed by atoms with Gasteiger partial charge in [-0.3, -0.25) is 9.89 Å². The first-order valence-electron chi connectivity index (χ1n) is 10.4. The Morgan fingerprint density at radius 3 is 2.72 bits per heavy atom. The summed E-state index contributed by atoms with van der Waals surface area (Å²) in [4.78, 5) is 23.8. The number of aromatic nitrogens is 4. The number of aromatic amines is 1. The van der Waals surface area contributed by atoms with Gasteiger partial charge < -0.3 is 14.4 Å². The lowest BCUT2D eigenvalue weighted by Crippen LogP contribution is -2.38. The van der Waals surface area contributed by atoms with Gasteiger partial charge in [0.15, 0.2) is 0 Å². The molecule has 8 heteroatoms. The molecule has 2 aromatic rings. The highest BCUT2D eigenvalue weighted by atomic mass is 16.5. The Morgan fingerprint density at radius 2 is 2.00 bits per heavy atom. The molecule has 1 N–H and O–H groups in total. The van der Waals surface area contributed by atoms with Crippen LogP contribution in [0.3, 0.4) is 0 Å². The lowest BCUT2D eigenvalue weighted by molar-refractivity contribution is 0.0604. The van der Waals surface area contributed by atoms with Gasteiger partial charge in [0.2, 0.25) is 0 Å². The van der Waals surface area contributed by atoms with E-state index in [0.717, 1.165) is 35.6 Å². The summed E-state index contributed by atoms with van der Waals surface area (Å²) in [5, 5.41) is 7.27. The third-order valence-electron chi connectivity index (χ3n) is 5.71. The summed E-state index contributed by atoms with van der Waals surface area (Å²) in [6.07, 6.45) is 6.01. The summed E-state index contributed by atoms with van der Waals surface area (Å²) in [5.74, 6) is 1.67. The molecule has 0 aromatic carbocycles. The minimum atomic E-state index is 0.0218. The van der Waals surface area contributed by atoms with Crippen LogP contribution in [0.4, 0.5) is 0 Å². The van der Waals surface area contributed by atoms with Gasteiger partial charge in [-0.1, -0.05) is 0 Å². The van der Waals surface area contributed by atoms with Crippen molar-refractivity contribution in [3.8, 4) is 0 Å². The summed E-state index contributed by atoms with van der Waals surface area (Å²) >= 11 is 0. The van der Waals surface area contributed by atoms with Crippen molar-refractivity contribution in [2.24, 2.45) is 0 Å². The Hall–Kier alpha value is -2.32. The molecule has 0 atom stereocenters. The van der Waals surface area contributed by atoms with Crippen LogP contribution >= 0.6 is 0 Å². The maximum absolute atomic E-state index is 12.8. The Balaban J connectivity index is 1.37. The second-order valence-electron chi connectivity index (χ2n) is 7.92. The number of H-pyrrole nitrogens is 1. The molecule has 3 heterocycles. The van der Waals surface area contributed by atoms with E-state index in [1.165, 1.54) is 12.8 Å². The largest absolute Gasteiger partial charge is 0.382 e. The second-order valence-corrected chi connectivity index (χ2v) is 7.92. The van der Waals surface area contributed by atoms with E-state index in [2.05, 4.69) is 15.2 Å². The van der Waals surface area contributed by atoms with Crippen molar-refractivity contribution in [3.05, 3.63) is 40.7 Å². The third kappa shape index (κ3) is 4.82. The molecule has 1 aliphatic heterocycles. The van der Waals surface area contributed by atoms with Gasteiger partial charge >= 0.3 is 0 Å². The Labute approximate surface area is 171 Å². The van der Waals surface area contributed by atoms with Gasteiger partial charge in [0.05, 0.1) is 25.5 Å². The second kappa shape index (κ2) is 9.00. The van der Waals surface area contributed by atoms with Crippen LogP contribution in [0.5, 0.6) is 0 Å². The number of methoxy groups -OCH3 is 1. The molecule has 2 fully saturated rings. The van der Waals surface area contributed by atoms with Gasteiger partial charge in [-0.2, -0.15) is 5.10 Å². The summed E-state index contributed by atoms with van der Waals surface area (Å²) in [6, 6.07) is 1.93. The summed E-state index contributed by atoms with van der Waals surface area (Å²) in [7, 11) is 1.66. The molecule has 0 radical (unpaired) electrons. The minimum absolute atomic E-state index is 0.0218. The molecule has 0 unspecified atom stereocenters. The summed E-state index contributed by atoms with van der Waals surface area (Å²) in [6.45, 7) is 4.92. The zero-order valence-corrected chi connectivity index (χ0v) is 17.2.